The predicted octanol–water partition coefficient (Wildman–Crippen LogP) is 2.95. The van der Waals surface area contributed by atoms with E-state index >= 15 is 0 Å². The third-order valence-corrected chi connectivity index (χ3v) is 4.64. The fourth-order valence-electron chi connectivity index (χ4n) is 3.33. The molecule has 7 nitrogen and oxygen atoms in total. The first-order valence-electron chi connectivity index (χ1n) is 9.29. The summed E-state index contributed by atoms with van der Waals surface area (Å²) in [6.45, 7) is 9.51. The summed E-state index contributed by atoms with van der Waals surface area (Å²) in [7, 11) is 0. The van der Waals surface area contributed by atoms with Crippen LogP contribution in [0.15, 0.2) is 24.4 Å². The Morgan fingerprint density at radius 2 is 2.08 bits per heavy atom. The monoisotopic (exact) mass is 356 g/mol. The van der Waals surface area contributed by atoms with E-state index in [-0.39, 0.29) is 11.9 Å². The van der Waals surface area contributed by atoms with E-state index in [0.29, 0.717) is 6.54 Å². The normalized spacial score (nSPS) is 15.1. The van der Waals surface area contributed by atoms with Gasteiger partial charge in [-0.1, -0.05) is 6.92 Å². The van der Waals surface area contributed by atoms with Crippen LogP contribution in [0.25, 0.3) is 0 Å². The van der Waals surface area contributed by atoms with Gasteiger partial charge in [-0.25, -0.2) is 9.78 Å². The van der Waals surface area contributed by atoms with E-state index in [1.165, 1.54) is 12.8 Å². The number of rotatable bonds is 6. The number of carbonyl (C=O) groups is 1. The minimum atomic E-state index is -0.196. The predicted molar refractivity (Wildman–Crippen MR) is 104 cm³/mol. The molecule has 0 unspecified atom stereocenters. The molecular formula is C19H28N6O. The van der Waals surface area contributed by atoms with Crippen molar-refractivity contribution in [2.24, 2.45) is 5.92 Å². The number of aromatic nitrogens is 3. The van der Waals surface area contributed by atoms with Gasteiger partial charge in [-0.2, -0.15) is 5.10 Å². The Hall–Kier alpha value is -2.57. The Balaban J connectivity index is 1.52. The van der Waals surface area contributed by atoms with E-state index in [0.717, 1.165) is 42.5 Å². The lowest BCUT2D eigenvalue weighted by Crippen LogP contribution is -2.34. The first-order valence-corrected chi connectivity index (χ1v) is 9.29. The third-order valence-electron chi connectivity index (χ3n) is 4.64. The van der Waals surface area contributed by atoms with E-state index in [4.69, 9.17) is 0 Å². The molecule has 3 rings (SSSR count). The molecule has 2 amide bonds. The highest BCUT2D eigenvalue weighted by molar-refractivity contribution is 5.92. The highest BCUT2D eigenvalue weighted by atomic mass is 16.2. The van der Waals surface area contributed by atoms with Crippen molar-refractivity contribution in [1.82, 2.24) is 20.1 Å². The van der Waals surface area contributed by atoms with Gasteiger partial charge in [-0.3, -0.25) is 4.68 Å². The Morgan fingerprint density at radius 3 is 2.77 bits per heavy atom. The molecule has 0 radical (unpaired) electrons. The van der Waals surface area contributed by atoms with Crippen LogP contribution >= 0.6 is 0 Å². The Bertz CT molecular complexity index is 750. The van der Waals surface area contributed by atoms with Crippen molar-refractivity contribution >= 4 is 17.5 Å². The van der Waals surface area contributed by atoms with Crippen molar-refractivity contribution in [3.63, 3.8) is 0 Å². The van der Waals surface area contributed by atoms with Gasteiger partial charge < -0.3 is 15.5 Å². The molecule has 1 aliphatic rings. The van der Waals surface area contributed by atoms with Crippen molar-refractivity contribution in [2.45, 2.75) is 40.2 Å². The molecule has 7 heteroatoms. The van der Waals surface area contributed by atoms with Crippen LogP contribution in [0.5, 0.6) is 0 Å². The van der Waals surface area contributed by atoms with E-state index in [9.17, 15) is 4.79 Å². The van der Waals surface area contributed by atoms with Crippen LogP contribution in [0.4, 0.5) is 16.3 Å². The summed E-state index contributed by atoms with van der Waals surface area (Å²) in [5.74, 6) is 1.14. The van der Waals surface area contributed by atoms with Crippen molar-refractivity contribution in [1.29, 1.82) is 0 Å². The van der Waals surface area contributed by atoms with Gasteiger partial charge >= 0.3 is 6.03 Å². The second-order valence-electron chi connectivity index (χ2n) is 7.12. The summed E-state index contributed by atoms with van der Waals surface area (Å²) in [5, 5.41) is 10.4. The summed E-state index contributed by atoms with van der Waals surface area (Å²) >= 11 is 0. The number of pyridine rings is 1. The van der Waals surface area contributed by atoms with Gasteiger partial charge in [0.1, 0.15) is 0 Å². The zero-order valence-electron chi connectivity index (χ0n) is 15.8. The van der Waals surface area contributed by atoms with Crippen LogP contribution in [0.2, 0.25) is 0 Å². The molecule has 1 fully saturated rings. The second kappa shape index (κ2) is 8.21. The SMILES string of the molecule is Cc1cc(C)n(C[C@@H](C)CNC(=O)Nc2cccnc2N2CCCC2)n1. The quantitative estimate of drug-likeness (QED) is 0.834. The average molecular weight is 356 g/mol. The standard InChI is InChI=1S/C19H28N6O/c1-14(13-25-16(3)11-15(2)23-25)12-21-19(26)22-17-7-6-8-20-18(17)24-9-4-5-10-24/h6-8,11,14H,4-5,9-10,12-13H2,1-3H3,(H2,21,22,26)/t14-/m0/s1. The number of amides is 2. The molecule has 3 heterocycles. The molecule has 0 aromatic carbocycles. The number of hydrogen-bond acceptors (Lipinski definition) is 4. The zero-order valence-corrected chi connectivity index (χ0v) is 15.8. The van der Waals surface area contributed by atoms with Gasteiger partial charge in [-0.05, 0) is 50.8 Å². The number of carbonyl (C=O) groups excluding carboxylic acids is 1. The Kier molecular flexibility index (Phi) is 5.75. The summed E-state index contributed by atoms with van der Waals surface area (Å²) in [5.41, 5.74) is 2.92. The maximum absolute atomic E-state index is 12.3. The second-order valence-corrected chi connectivity index (χ2v) is 7.12. The summed E-state index contributed by atoms with van der Waals surface area (Å²) < 4.78 is 1.99. The maximum atomic E-state index is 12.3. The van der Waals surface area contributed by atoms with Crippen LogP contribution in [-0.2, 0) is 6.54 Å². The number of hydrogen-bond donors (Lipinski definition) is 2. The lowest BCUT2D eigenvalue weighted by Gasteiger charge is -2.20. The summed E-state index contributed by atoms with van der Waals surface area (Å²) in [4.78, 5) is 19.0. The highest BCUT2D eigenvalue weighted by Crippen LogP contribution is 2.25. The average Bonchev–Trinajstić information content (AvgIpc) is 3.24. The third kappa shape index (κ3) is 4.53. The molecule has 26 heavy (non-hydrogen) atoms. The molecule has 0 spiro atoms. The van der Waals surface area contributed by atoms with Gasteiger partial charge in [0.25, 0.3) is 0 Å². The number of nitrogens with zero attached hydrogens (tertiary/aromatic N) is 4. The van der Waals surface area contributed by atoms with Gasteiger partial charge in [0, 0.05) is 38.1 Å². The van der Waals surface area contributed by atoms with Crippen molar-refractivity contribution in [2.75, 3.05) is 29.9 Å². The fraction of sp³-hybridized carbons (Fsp3) is 0.526. The topological polar surface area (TPSA) is 75.1 Å². The van der Waals surface area contributed by atoms with Crippen LogP contribution in [0, 0.1) is 19.8 Å². The summed E-state index contributed by atoms with van der Waals surface area (Å²) in [6, 6.07) is 5.62. The molecule has 1 saturated heterocycles. The largest absolute Gasteiger partial charge is 0.355 e. The Labute approximate surface area is 154 Å². The first kappa shape index (κ1) is 18.2. The van der Waals surface area contributed by atoms with E-state index in [1.54, 1.807) is 6.20 Å². The molecule has 0 bridgehead atoms. The minimum Gasteiger partial charge on any atom is -0.355 e. The lowest BCUT2D eigenvalue weighted by molar-refractivity contribution is 0.249. The number of anilines is 2. The van der Waals surface area contributed by atoms with E-state index in [2.05, 4.69) is 45.5 Å². The molecular weight excluding hydrogens is 328 g/mol. The van der Waals surface area contributed by atoms with Crippen molar-refractivity contribution in [3.8, 4) is 0 Å². The smallest absolute Gasteiger partial charge is 0.319 e. The maximum Gasteiger partial charge on any atom is 0.319 e. The number of urea groups is 1. The van der Waals surface area contributed by atoms with E-state index < -0.39 is 0 Å². The lowest BCUT2D eigenvalue weighted by atomic mass is 10.2. The first-order chi connectivity index (χ1) is 12.5. The van der Waals surface area contributed by atoms with Gasteiger partial charge in [0.15, 0.2) is 5.82 Å². The van der Waals surface area contributed by atoms with Crippen LogP contribution in [0.1, 0.15) is 31.2 Å². The Morgan fingerprint density at radius 1 is 1.31 bits per heavy atom. The molecule has 2 aromatic rings. The molecule has 0 aliphatic carbocycles. The van der Waals surface area contributed by atoms with Gasteiger partial charge in [0.05, 0.1) is 11.4 Å². The highest BCUT2D eigenvalue weighted by Gasteiger charge is 2.18. The van der Waals surface area contributed by atoms with Crippen LogP contribution < -0.4 is 15.5 Å². The van der Waals surface area contributed by atoms with E-state index in [1.807, 2.05) is 23.7 Å². The van der Waals surface area contributed by atoms with Crippen LogP contribution in [-0.4, -0.2) is 40.4 Å². The van der Waals surface area contributed by atoms with Gasteiger partial charge in [-0.15, -0.1) is 0 Å². The van der Waals surface area contributed by atoms with Crippen molar-refractivity contribution < 1.29 is 4.79 Å². The molecule has 140 valence electrons. The molecule has 1 atom stereocenters. The molecule has 2 aromatic heterocycles. The van der Waals surface area contributed by atoms with Crippen LogP contribution in [0.3, 0.4) is 0 Å². The minimum absolute atomic E-state index is 0.196. The van der Waals surface area contributed by atoms with Gasteiger partial charge in [0.2, 0.25) is 0 Å². The molecule has 2 N–H and O–H groups in total. The number of nitrogens with one attached hydrogen (secondary N) is 2. The zero-order chi connectivity index (χ0) is 18.5. The summed E-state index contributed by atoms with van der Waals surface area (Å²) in [6.07, 6.45) is 4.12. The fourth-order valence-corrected chi connectivity index (χ4v) is 3.33. The number of aryl methyl sites for hydroxylation is 2. The molecule has 1 aliphatic heterocycles. The van der Waals surface area contributed by atoms with Crippen molar-refractivity contribution in [3.05, 3.63) is 35.8 Å². The molecule has 0 saturated carbocycles.